The van der Waals surface area contributed by atoms with Crippen molar-refractivity contribution in [2.24, 2.45) is 12.5 Å². The van der Waals surface area contributed by atoms with Gasteiger partial charge in [0.05, 0.1) is 24.5 Å². The van der Waals surface area contributed by atoms with Crippen LogP contribution < -0.4 is 5.32 Å². The summed E-state index contributed by atoms with van der Waals surface area (Å²) in [4.78, 5) is 17.5. The Morgan fingerprint density at radius 1 is 1.16 bits per heavy atom. The highest BCUT2D eigenvalue weighted by Gasteiger charge is 2.50. The maximum absolute atomic E-state index is 13.1. The highest BCUT2D eigenvalue weighted by atomic mass is 16.5. The molecule has 1 aliphatic heterocycles. The van der Waals surface area contributed by atoms with Gasteiger partial charge < -0.3 is 14.5 Å². The largest absolute Gasteiger partial charge is 0.380 e. The van der Waals surface area contributed by atoms with Gasteiger partial charge in [-0.3, -0.25) is 9.48 Å². The van der Waals surface area contributed by atoms with Gasteiger partial charge in [-0.1, -0.05) is 24.3 Å². The van der Waals surface area contributed by atoms with E-state index in [1.807, 2.05) is 36.0 Å². The first-order valence-corrected chi connectivity index (χ1v) is 11.0. The zero-order valence-corrected chi connectivity index (χ0v) is 18.0. The van der Waals surface area contributed by atoms with Gasteiger partial charge in [-0.25, -0.2) is 4.98 Å². The Hall–Kier alpha value is -3.45. The van der Waals surface area contributed by atoms with Gasteiger partial charge in [0.15, 0.2) is 0 Å². The Balaban J connectivity index is 1.21. The molecule has 7 nitrogen and oxygen atoms in total. The average molecular weight is 428 g/mol. The summed E-state index contributed by atoms with van der Waals surface area (Å²) >= 11 is 0. The van der Waals surface area contributed by atoms with Crippen molar-refractivity contribution < 1.29 is 9.53 Å². The van der Waals surface area contributed by atoms with E-state index in [4.69, 9.17) is 4.74 Å². The number of ether oxygens (including phenoxy) is 1. The zero-order chi connectivity index (χ0) is 21.7. The molecule has 2 aliphatic rings. The molecule has 1 spiro atoms. The van der Waals surface area contributed by atoms with Crippen LogP contribution in [-0.2, 0) is 18.2 Å². The summed E-state index contributed by atoms with van der Waals surface area (Å²) in [6, 6.07) is 12.6. The number of aryl methyl sites for hydroxylation is 1. The lowest BCUT2D eigenvalue weighted by Crippen LogP contribution is -2.59. The maximum atomic E-state index is 13.1. The molecule has 1 aliphatic carbocycles. The molecule has 1 saturated heterocycles. The van der Waals surface area contributed by atoms with Gasteiger partial charge in [-0.15, -0.1) is 0 Å². The van der Waals surface area contributed by atoms with Crippen molar-refractivity contribution in [3.8, 4) is 11.3 Å². The molecule has 7 heteroatoms. The van der Waals surface area contributed by atoms with Gasteiger partial charge >= 0.3 is 0 Å². The van der Waals surface area contributed by atoms with E-state index in [0.29, 0.717) is 16.6 Å². The highest BCUT2D eigenvalue weighted by molar-refractivity contribution is 6.00. The number of amides is 1. The lowest BCUT2D eigenvalue weighted by Gasteiger charge is -2.53. The Bertz CT molecular complexity index is 1290. The third kappa shape index (κ3) is 3.39. The fraction of sp³-hybridized carbons (Fsp3) is 0.320. The first kappa shape index (κ1) is 19.3. The molecular weight excluding hydrogens is 402 g/mol. The number of carbonyl (C=O) groups is 1. The second kappa shape index (κ2) is 7.31. The van der Waals surface area contributed by atoms with Crippen molar-refractivity contribution in [1.82, 2.24) is 24.5 Å². The predicted octanol–water partition coefficient (Wildman–Crippen LogP) is 3.23. The molecular formula is C25H25N5O2. The van der Waals surface area contributed by atoms with Crippen LogP contribution in [0.25, 0.3) is 16.9 Å². The number of carbonyl (C=O) groups excluding carboxylic acids is 1. The molecule has 0 radical (unpaired) electrons. The van der Waals surface area contributed by atoms with Crippen LogP contribution in [0.2, 0.25) is 0 Å². The maximum Gasteiger partial charge on any atom is 0.255 e. The predicted molar refractivity (Wildman–Crippen MR) is 120 cm³/mol. The zero-order valence-electron chi connectivity index (χ0n) is 18.0. The van der Waals surface area contributed by atoms with Crippen LogP contribution in [0.4, 0.5) is 0 Å². The molecule has 1 N–H and O–H groups in total. The van der Waals surface area contributed by atoms with Gasteiger partial charge in [0, 0.05) is 48.9 Å². The molecule has 2 fully saturated rings. The lowest BCUT2D eigenvalue weighted by atomic mass is 9.64. The second-order valence-corrected chi connectivity index (χ2v) is 9.24. The topological polar surface area (TPSA) is 73.5 Å². The summed E-state index contributed by atoms with van der Waals surface area (Å²) in [6.45, 7) is 1.66. The van der Waals surface area contributed by atoms with Gasteiger partial charge in [0.25, 0.3) is 5.91 Å². The van der Waals surface area contributed by atoms with Crippen molar-refractivity contribution in [2.45, 2.75) is 25.3 Å². The van der Waals surface area contributed by atoms with Gasteiger partial charge in [-0.2, -0.15) is 5.10 Å². The normalized spacial score (nSPS) is 17.3. The standard InChI is InChI=1S/C25H25N5O2/c1-29-8-6-22(28-29)19-4-2-17(3-5-19)10-18-11-21(23-26-7-9-30(23)14-18)24(31)27-20-12-25(13-20)15-32-16-25/h2-9,11,14,20H,10,12-13,15-16H2,1H3,(H,27,31). The Morgan fingerprint density at radius 2 is 1.97 bits per heavy atom. The van der Waals surface area contributed by atoms with E-state index < -0.39 is 0 Å². The molecule has 4 aromatic rings. The minimum Gasteiger partial charge on any atom is -0.380 e. The summed E-state index contributed by atoms with van der Waals surface area (Å²) in [7, 11) is 1.92. The number of pyridine rings is 1. The summed E-state index contributed by atoms with van der Waals surface area (Å²) in [5, 5.41) is 7.66. The third-order valence-electron chi connectivity index (χ3n) is 6.67. The molecule has 1 aromatic carbocycles. The van der Waals surface area contributed by atoms with Gasteiger partial charge in [-0.05, 0) is 42.5 Å². The molecule has 32 heavy (non-hydrogen) atoms. The minimum absolute atomic E-state index is 0.0476. The third-order valence-corrected chi connectivity index (χ3v) is 6.67. The van der Waals surface area contributed by atoms with Crippen molar-refractivity contribution in [3.63, 3.8) is 0 Å². The number of benzene rings is 1. The fourth-order valence-corrected chi connectivity index (χ4v) is 4.93. The summed E-state index contributed by atoms with van der Waals surface area (Å²) in [5.74, 6) is -0.0476. The minimum atomic E-state index is -0.0476. The van der Waals surface area contributed by atoms with Crippen molar-refractivity contribution in [1.29, 1.82) is 0 Å². The molecule has 6 rings (SSSR count). The van der Waals surface area contributed by atoms with Crippen molar-refractivity contribution in [2.75, 3.05) is 13.2 Å². The molecule has 162 valence electrons. The monoisotopic (exact) mass is 427 g/mol. The van der Waals surface area contributed by atoms with Crippen LogP contribution in [-0.4, -0.2) is 44.3 Å². The first-order valence-electron chi connectivity index (χ1n) is 11.0. The Morgan fingerprint density at radius 3 is 2.66 bits per heavy atom. The molecule has 1 saturated carbocycles. The fourth-order valence-electron chi connectivity index (χ4n) is 4.93. The molecule has 3 aromatic heterocycles. The van der Waals surface area contributed by atoms with Crippen molar-refractivity contribution in [3.05, 3.63) is 77.9 Å². The number of fused-ring (bicyclic) bond motifs is 1. The smallest absolute Gasteiger partial charge is 0.255 e. The number of aromatic nitrogens is 4. The van der Waals surface area contributed by atoms with E-state index in [1.54, 1.807) is 10.9 Å². The molecule has 1 amide bonds. The lowest BCUT2D eigenvalue weighted by molar-refractivity contribution is -0.165. The van der Waals surface area contributed by atoms with Crippen LogP contribution in [0.1, 0.15) is 34.3 Å². The number of hydrogen-bond acceptors (Lipinski definition) is 4. The first-order chi connectivity index (χ1) is 15.6. The average Bonchev–Trinajstić information content (AvgIpc) is 3.37. The van der Waals surface area contributed by atoms with Crippen molar-refractivity contribution >= 4 is 11.6 Å². The van der Waals surface area contributed by atoms with Crippen LogP contribution in [0.15, 0.2) is 61.2 Å². The molecule has 0 bridgehead atoms. The van der Waals surface area contributed by atoms with E-state index in [0.717, 1.165) is 49.3 Å². The van der Waals surface area contributed by atoms with E-state index in [9.17, 15) is 4.79 Å². The van der Waals surface area contributed by atoms with Crippen LogP contribution >= 0.6 is 0 Å². The second-order valence-electron chi connectivity index (χ2n) is 9.24. The molecule has 0 unspecified atom stereocenters. The number of imidazole rings is 1. The van der Waals surface area contributed by atoms with E-state index in [2.05, 4.69) is 45.9 Å². The number of nitrogens with zero attached hydrogens (tertiary/aromatic N) is 4. The summed E-state index contributed by atoms with van der Waals surface area (Å²) in [6.07, 6.45) is 10.4. The number of rotatable bonds is 5. The Kier molecular flexibility index (Phi) is 4.40. The number of nitrogens with one attached hydrogen (secondary N) is 1. The van der Waals surface area contributed by atoms with Gasteiger partial charge in [0.2, 0.25) is 0 Å². The summed E-state index contributed by atoms with van der Waals surface area (Å²) < 4.78 is 9.08. The Labute approximate surface area is 186 Å². The van der Waals surface area contributed by atoms with Crippen LogP contribution in [0.5, 0.6) is 0 Å². The quantitative estimate of drug-likeness (QED) is 0.531. The van der Waals surface area contributed by atoms with Gasteiger partial charge in [0.1, 0.15) is 5.65 Å². The summed E-state index contributed by atoms with van der Waals surface area (Å²) in [5.41, 5.74) is 5.95. The SMILES string of the molecule is Cn1ccc(-c2ccc(Cc3cc(C(=O)NC4CC5(COC5)C4)c4nccn4c3)cc2)n1. The van der Waals surface area contributed by atoms with E-state index in [-0.39, 0.29) is 11.9 Å². The highest BCUT2D eigenvalue weighted by Crippen LogP contribution is 2.46. The van der Waals surface area contributed by atoms with Crippen LogP contribution in [0, 0.1) is 5.41 Å². The van der Waals surface area contributed by atoms with E-state index in [1.165, 1.54) is 5.56 Å². The molecule has 0 atom stereocenters. The van der Waals surface area contributed by atoms with E-state index >= 15 is 0 Å². The molecule has 4 heterocycles. The van der Waals surface area contributed by atoms with Crippen LogP contribution in [0.3, 0.4) is 0 Å². The number of hydrogen-bond donors (Lipinski definition) is 1.